The number of aromatic nitrogens is 2. The van der Waals surface area contributed by atoms with Gasteiger partial charge in [0, 0.05) is 13.2 Å². The van der Waals surface area contributed by atoms with Crippen LogP contribution >= 0.6 is 11.6 Å². The van der Waals surface area contributed by atoms with Crippen molar-refractivity contribution >= 4 is 17.3 Å². The Labute approximate surface area is 118 Å². The highest BCUT2D eigenvalue weighted by Crippen LogP contribution is 2.19. The Morgan fingerprint density at radius 2 is 2.05 bits per heavy atom. The van der Waals surface area contributed by atoms with Gasteiger partial charge in [0.05, 0.1) is 11.9 Å². The van der Waals surface area contributed by atoms with Crippen LogP contribution in [0.5, 0.6) is 0 Å². The zero-order chi connectivity index (χ0) is 15.2. The number of anilines is 1. The highest BCUT2D eigenvalue weighted by molar-refractivity contribution is 6.32. The Balaban J connectivity index is 2.67. The average molecular weight is 314 g/mol. The SMILES string of the molecule is O=c1c(Cl)c(NCCCCCO)cnn1CC(F)(F)F. The van der Waals surface area contributed by atoms with Crippen LogP contribution in [-0.4, -0.2) is 34.2 Å². The fraction of sp³-hybridized carbons (Fsp3) is 0.636. The highest BCUT2D eigenvalue weighted by Gasteiger charge is 2.29. The minimum absolute atomic E-state index is 0.107. The van der Waals surface area contributed by atoms with Gasteiger partial charge in [-0.3, -0.25) is 4.79 Å². The summed E-state index contributed by atoms with van der Waals surface area (Å²) in [4.78, 5) is 11.6. The lowest BCUT2D eigenvalue weighted by atomic mass is 10.2. The number of aliphatic hydroxyl groups excluding tert-OH is 1. The first kappa shape index (κ1) is 16.8. The molecule has 20 heavy (non-hydrogen) atoms. The monoisotopic (exact) mass is 313 g/mol. The molecule has 0 spiro atoms. The zero-order valence-electron chi connectivity index (χ0n) is 10.6. The third-order valence-corrected chi connectivity index (χ3v) is 2.83. The van der Waals surface area contributed by atoms with Crippen LogP contribution in [0.25, 0.3) is 0 Å². The molecule has 0 saturated carbocycles. The Bertz CT molecular complexity index is 491. The molecule has 5 nitrogen and oxygen atoms in total. The molecule has 9 heteroatoms. The maximum atomic E-state index is 12.2. The number of halogens is 4. The van der Waals surface area contributed by atoms with Crippen molar-refractivity contribution in [3.05, 3.63) is 21.6 Å². The number of hydrogen-bond donors (Lipinski definition) is 2. The lowest BCUT2D eigenvalue weighted by molar-refractivity contribution is -0.143. The van der Waals surface area contributed by atoms with Crippen molar-refractivity contribution in [2.45, 2.75) is 32.0 Å². The highest BCUT2D eigenvalue weighted by atomic mass is 35.5. The van der Waals surface area contributed by atoms with Gasteiger partial charge in [0.1, 0.15) is 11.6 Å². The third-order valence-electron chi connectivity index (χ3n) is 2.46. The number of alkyl halides is 3. The number of nitrogens with zero attached hydrogens (tertiary/aromatic N) is 2. The predicted molar refractivity (Wildman–Crippen MR) is 69.0 cm³/mol. The van der Waals surface area contributed by atoms with Crippen molar-refractivity contribution in [3.8, 4) is 0 Å². The van der Waals surface area contributed by atoms with E-state index in [0.717, 1.165) is 19.0 Å². The van der Waals surface area contributed by atoms with Gasteiger partial charge in [-0.2, -0.15) is 18.3 Å². The second-order valence-electron chi connectivity index (χ2n) is 4.16. The van der Waals surface area contributed by atoms with Gasteiger partial charge in [-0.1, -0.05) is 11.6 Å². The van der Waals surface area contributed by atoms with E-state index in [4.69, 9.17) is 16.7 Å². The Hall–Kier alpha value is -1.28. The van der Waals surface area contributed by atoms with Crippen LogP contribution in [0.15, 0.2) is 11.0 Å². The van der Waals surface area contributed by atoms with E-state index in [2.05, 4.69) is 10.4 Å². The van der Waals surface area contributed by atoms with Gasteiger partial charge in [-0.15, -0.1) is 0 Å². The molecule has 0 aliphatic heterocycles. The van der Waals surface area contributed by atoms with Crippen LogP contribution < -0.4 is 10.9 Å². The van der Waals surface area contributed by atoms with Crippen molar-refractivity contribution in [1.82, 2.24) is 9.78 Å². The first-order chi connectivity index (χ1) is 9.35. The summed E-state index contributed by atoms with van der Waals surface area (Å²) < 4.78 is 36.9. The number of unbranched alkanes of at least 4 members (excludes halogenated alkanes) is 2. The quantitative estimate of drug-likeness (QED) is 0.756. The lowest BCUT2D eigenvalue weighted by Crippen LogP contribution is -2.30. The Morgan fingerprint density at radius 3 is 2.65 bits per heavy atom. The summed E-state index contributed by atoms with van der Waals surface area (Å²) in [6, 6.07) is 0. The van der Waals surface area contributed by atoms with Crippen LogP contribution in [0.2, 0.25) is 5.02 Å². The van der Waals surface area contributed by atoms with E-state index in [1.165, 1.54) is 0 Å². The Kier molecular flexibility index (Phi) is 6.28. The minimum Gasteiger partial charge on any atom is -0.396 e. The van der Waals surface area contributed by atoms with Crippen molar-refractivity contribution in [2.24, 2.45) is 0 Å². The molecule has 2 N–H and O–H groups in total. The molecule has 0 atom stereocenters. The molecule has 0 fully saturated rings. The van der Waals surface area contributed by atoms with Crippen molar-refractivity contribution in [2.75, 3.05) is 18.5 Å². The molecule has 0 aliphatic rings. The average Bonchev–Trinajstić information content (AvgIpc) is 2.36. The van der Waals surface area contributed by atoms with Crippen molar-refractivity contribution < 1.29 is 18.3 Å². The standard InChI is InChI=1S/C11H15ClF3N3O2/c12-9-8(16-4-2-1-3-5-19)6-17-18(10(9)20)7-11(13,14)15/h6,16,19H,1-5,7H2. The molecule has 0 aliphatic carbocycles. The van der Waals surface area contributed by atoms with Crippen LogP contribution in [0, 0.1) is 0 Å². The Morgan fingerprint density at radius 1 is 1.35 bits per heavy atom. The van der Waals surface area contributed by atoms with Crippen LogP contribution in [0.3, 0.4) is 0 Å². The maximum Gasteiger partial charge on any atom is 0.408 e. The molecule has 0 saturated heterocycles. The topological polar surface area (TPSA) is 67.2 Å². The van der Waals surface area contributed by atoms with E-state index in [1.807, 2.05) is 0 Å². The van der Waals surface area contributed by atoms with E-state index in [9.17, 15) is 18.0 Å². The molecule has 1 aromatic rings. The van der Waals surface area contributed by atoms with E-state index >= 15 is 0 Å². The summed E-state index contributed by atoms with van der Waals surface area (Å²) in [5, 5.41) is 14.6. The largest absolute Gasteiger partial charge is 0.408 e. The molecule has 0 radical (unpaired) electrons. The van der Waals surface area contributed by atoms with Crippen molar-refractivity contribution in [1.29, 1.82) is 0 Å². The van der Waals surface area contributed by atoms with Gasteiger partial charge in [-0.05, 0) is 19.3 Å². The van der Waals surface area contributed by atoms with Crippen LogP contribution in [0.1, 0.15) is 19.3 Å². The number of aliphatic hydroxyl groups is 1. The third kappa shape index (κ3) is 5.38. The van der Waals surface area contributed by atoms with Gasteiger partial charge in [0.15, 0.2) is 0 Å². The van der Waals surface area contributed by atoms with Gasteiger partial charge in [-0.25, -0.2) is 4.68 Å². The number of hydrogen-bond acceptors (Lipinski definition) is 4. The summed E-state index contributed by atoms with van der Waals surface area (Å²) in [5.74, 6) is 0. The van der Waals surface area contributed by atoms with E-state index in [1.54, 1.807) is 0 Å². The van der Waals surface area contributed by atoms with Crippen molar-refractivity contribution in [3.63, 3.8) is 0 Å². The molecule has 114 valence electrons. The molecular formula is C11H15ClF3N3O2. The minimum atomic E-state index is -4.53. The second-order valence-corrected chi connectivity index (χ2v) is 4.54. The number of nitrogens with one attached hydrogen (secondary N) is 1. The zero-order valence-corrected chi connectivity index (χ0v) is 11.3. The predicted octanol–water partition coefficient (Wildman–Crippen LogP) is 2.03. The molecule has 1 rings (SSSR count). The summed E-state index contributed by atoms with van der Waals surface area (Å²) in [6.07, 6.45) is -1.23. The van der Waals surface area contributed by atoms with E-state index in [-0.39, 0.29) is 22.0 Å². The number of rotatable bonds is 7. The molecular weight excluding hydrogens is 299 g/mol. The molecule has 0 unspecified atom stereocenters. The molecule has 1 aromatic heterocycles. The summed E-state index contributed by atoms with van der Waals surface area (Å²) >= 11 is 5.72. The van der Waals surface area contributed by atoms with Gasteiger partial charge in [0.2, 0.25) is 0 Å². The van der Waals surface area contributed by atoms with E-state index in [0.29, 0.717) is 13.0 Å². The normalized spacial score (nSPS) is 11.7. The molecule has 0 aromatic carbocycles. The first-order valence-electron chi connectivity index (χ1n) is 6.02. The molecule has 0 bridgehead atoms. The smallest absolute Gasteiger partial charge is 0.396 e. The van der Waals surface area contributed by atoms with Crippen LogP contribution in [0.4, 0.5) is 18.9 Å². The summed E-state index contributed by atoms with van der Waals surface area (Å²) in [7, 11) is 0. The van der Waals surface area contributed by atoms with Crippen LogP contribution in [-0.2, 0) is 6.54 Å². The lowest BCUT2D eigenvalue weighted by Gasteiger charge is -2.11. The summed E-state index contributed by atoms with van der Waals surface area (Å²) in [6.45, 7) is -0.873. The fourth-order valence-corrected chi connectivity index (χ4v) is 1.72. The first-order valence-corrected chi connectivity index (χ1v) is 6.40. The molecule has 0 amide bonds. The maximum absolute atomic E-state index is 12.2. The van der Waals surface area contributed by atoms with Gasteiger partial charge >= 0.3 is 6.18 Å². The van der Waals surface area contributed by atoms with E-state index < -0.39 is 18.3 Å². The summed E-state index contributed by atoms with van der Waals surface area (Å²) in [5.41, 5.74) is -0.775. The molecule has 1 heterocycles. The second kappa shape index (κ2) is 7.49. The van der Waals surface area contributed by atoms with Gasteiger partial charge in [0.25, 0.3) is 5.56 Å². The van der Waals surface area contributed by atoms with Gasteiger partial charge < -0.3 is 10.4 Å². The fourth-order valence-electron chi connectivity index (χ4n) is 1.51.